The molecule has 0 fully saturated rings. The molecule has 0 saturated carbocycles. The zero-order chi connectivity index (χ0) is 4.99. The molecule has 0 aromatic rings. The van der Waals surface area contributed by atoms with Crippen molar-refractivity contribution in [3.05, 3.63) is 6.42 Å². The smallest absolute Gasteiger partial charge is 0.146 e. The molecule has 0 aliphatic heterocycles. The minimum absolute atomic E-state index is 0.204. The number of carbonyl (C=O) groups excluding carboxylic acids is 1. The SMILES string of the molecule is C[CH]C(=O)CI. The van der Waals surface area contributed by atoms with Gasteiger partial charge >= 0.3 is 0 Å². The molecular formula is C4H6IO. The highest BCUT2D eigenvalue weighted by atomic mass is 127. The van der Waals surface area contributed by atoms with Crippen molar-refractivity contribution in [2.24, 2.45) is 0 Å². The van der Waals surface area contributed by atoms with E-state index in [-0.39, 0.29) is 5.78 Å². The molecule has 0 saturated heterocycles. The molecule has 0 N–H and O–H groups in total. The first-order valence-electron chi connectivity index (χ1n) is 1.69. The van der Waals surface area contributed by atoms with Crippen molar-refractivity contribution >= 4 is 28.4 Å². The van der Waals surface area contributed by atoms with E-state index in [0.29, 0.717) is 4.43 Å². The van der Waals surface area contributed by atoms with Gasteiger partial charge in [0.25, 0.3) is 0 Å². The molecule has 0 unspecified atom stereocenters. The lowest BCUT2D eigenvalue weighted by Gasteiger charge is -1.79. The first-order valence-corrected chi connectivity index (χ1v) is 3.22. The quantitative estimate of drug-likeness (QED) is 0.480. The molecule has 0 aromatic carbocycles. The Balaban J connectivity index is 2.99. The second-order valence-corrected chi connectivity index (χ2v) is 1.65. The van der Waals surface area contributed by atoms with E-state index in [1.807, 2.05) is 22.6 Å². The van der Waals surface area contributed by atoms with Gasteiger partial charge < -0.3 is 0 Å². The maximum absolute atomic E-state index is 10.1. The van der Waals surface area contributed by atoms with E-state index in [4.69, 9.17) is 0 Å². The number of hydrogen-bond donors (Lipinski definition) is 0. The van der Waals surface area contributed by atoms with E-state index in [0.717, 1.165) is 0 Å². The minimum atomic E-state index is 0.204. The van der Waals surface area contributed by atoms with Crippen LogP contribution in [0.3, 0.4) is 0 Å². The highest BCUT2D eigenvalue weighted by Gasteiger charge is 1.88. The molecular weight excluding hydrogens is 191 g/mol. The Morgan fingerprint density at radius 2 is 2.50 bits per heavy atom. The molecule has 0 atom stereocenters. The van der Waals surface area contributed by atoms with Crippen molar-refractivity contribution in [1.82, 2.24) is 0 Å². The normalized spacial score (nSPS) is 8.33. The van der Waals surface area contributed by atoms with Crippen molar-refractivity contribution in [2.45, 2.75) is 6.92 Å². The van der Waals surface area contributed by atoms with Crippen LogP contribution in [0.25, 0.3) is 0 Å². The van der Waals surface area contributed by atoms with Crippen LogP contribution < -0.4 is 0 Å². The molecule has 1 nitrogen and oxygen atoms in total. The van der Waals surface area contributed by atoms with Crippen LogP contribution >= 0.6 is 22.6 Å². The maximum Gasteiger partial charge on any atom is 0.146 e. The van der Waals surface area contributed by atoms with Gasteiger partial charge in [0.15, 0.2) is 0 Å². The van der Waals surface area contributed by atoms with Crippen LogP contribution in [-0.4, -0.2) is 10.2 Å². The monoisotopic (exact) mass is 197 g/mol. The first-order chi connectivity index (χ1) is 2.81. The summed E-state index contributed by atoms with van der Waals surface area (Å²) in [4.78, 5) is 10.1. The lowest BCUT2D eigenvalue weighted by Crippen LogP contribution is -1.93. The van der Waals surface area contributed by atoms with E-state index in [1.165, 1.54) is 0 Å². The standard InChI is InChI=1S/C4H6IO/c1-2-4(6)3-5/h2H,3H2,1H3. The molecule has 6 heavy (non-hydrogen) atoms. The van der Waals surface area contributed by atoms with E-state index in [9.17, 15) is 4.79 Å². The molecule has 35 valence electrons. The summed E-state index contributed by atoms with van der Waals surface area (Å²) in [5, 5.41) is 0. The van der Waals surface area contributed by atoms with Gasteiger partial charge in [0.1, 0.15) is 5.78 Å². The molecule has 2 heteroatoms. The van der Waals surface area contributed by atoms with Crippen LogP contribution in [0, 0.1) is 6.42 Å². The summed E-state index contributed by atoms with van der Waals surface area (Å²) in [6.07, 6.45) is 1.58. The van der Waals surface area contributed by atoms with Gasteiger partial charge in [-0.15, -0.1) is 0 Å². The molecule has 0 aromatic heterocycles. The molecule has 0 aliphatic carbocycles. The van der Waals surface area contributed by atoms with Gasteiger partial charge in [0.05, 0.1) is 4.43 Å². The summed E-state index contributed by atoms with van der Waals surface area (Å²) in [5.41, 5.74) is 0. The van der Waals surface area contributed by atoms with Crippen LogP contribution in [-0.2, 0) is 4.79 Å². The topological polar surface area (TPSA) is 17.1 Å². The summed E-state index contributed by atoms with van der Waals surface area (Å²) in [6.45, 7) is 1.75. The van der Waals surface area contributed by atoms with Gasteiger partial charge in [-0.25, -0.2) is 0 Å². The largest absolute Gasteiger partial charge is 0.299 e. The van der Waals surface area contributed by atoms with Gasteiger partial charge in [0.2, 0.25) is 0 Å². The van der Waals surface area contributed by atoms with Gasteiger partial charge in [-0.3, -0.25) is 4.79 Å². The fourth-order valence-electron chi connectivity index (χ4n) is 0.0772. The maximum atomic E-state index is 10.1. The summed E-state index contributed by atoms with van der Waals surface area (Å²) in [5.74, 6) is 0.204. The fourth-order valence-corrected chi connectivity index (χ4v) is 0.518. The van der Waals surface area contributed by atoms with Crippen molar-refractivity contribution < 1.29 is 4.79 Å². The third-order valence-electron chi connectivity index (χ3n) is 0.454. The van der Waals surface area contributed by atoms with Crippen molar-refractivity contribution in [3.8, 4) is 0 Å². The summed E-state index contributed by atoms with van der Waals surface area (Å²) < 4.78 is 0.605. The van der Waals surface area contributed by atoms with E-state index < -0.39 is 0 Å². The molecule has 0 bridgehead atoms. The molecule has 1 radical (unpaired) electrons. The Morgan fingerprint density at radius 1 is 2.00 bits per heavy atom. The Bertz CT molecular complexity index is 45.5. The second-order valence-electron chi connectivity index (χ2n) is 0.889. The number of ketones is 1. The Kier molecular flexibility index (Phi) is 3.82. The molecule has 0 aliphatic rings. The van der Waals surface area contributed by atoms with Crippen LogP contribution in [0.1, 0.15) is 6.92 Å². The Morgan fingerprint density at radius 3 is 2.50 bits per heavy atom. The van der Waals surface area contributed by atoms with Gasteiger partial charge in [-0.2, -0.15) is 0 Å². The number of Topliss-reactive ketones (excluding diaryl/α,β-unsaturated/α-hetero) is 1. The summed E-state index contributed by atoms with van der Waals surface area (Å²) in [7, 11) is 0. The zero-order valence-electron chi connectivity index (χ0n) is 3.57. The van der Waals surface area contributed by atoms with E-state index in [1.54, 1.807) is 13.3 Å². The molecule has 0 amide bonds. The lowest BCUT2D eigenvalue weighted by molar-refractivity contribution is -0.113. The van der Waals surface area contributed by atoms with Crippen LogP contribution in [0.4, 0.5) is 0 Å². The van der Waals surface area contributed by atoms with Gasteiger partial charge in [-0.1, -0.05) is 29.5 Å². The predicted octanol–water partition coefficient (Wildman–Crippen LogP) is 1.21. The predicted molar refractivity (Wildman–Crippen MR) is 33.9 cm³/mol. The molecule has 0 heterocycles. The van der Waals surface area contributed by atoms with Gasteiger partial charge in [0, 0.05) is 6.42 Å². The zero-order valence-corrected chi connectivity index (χ0v) is 5.73. The van der Waals surface area contributed by atoms with Crippen LogP contribution in [0.5, 0.6) is 0 Å². The number of hydrogen-bond acceptors (Lipinski definition) is 1. The fraction of sp³-hybridized carbons (Fsp3) is 0.500. The number of carbonyl (C=O) groups is 1. The number of halogens is 1. The minimum Gasteiger partial charge on any atom is -0.299 e. The van der Waals surface area contributed by atoms with Gasteiger partial charge in [-0.05, 0) is 0 Å². The first kappa shape index (κ1) is 6.40. The highest BCUT2D eigenvalue weighted by molar-refractivity contribution is 14.1. The van der Waals surface area contributed by atoms with Crippen molar-refractivity contribution in [2.75, 3.05) is 4.43 Å². The average Bonchev–Trinajstić information content (AvgIpc) is 1.65. The third-order valence-corrected chi connectivity index (χ3v) is 1.21. The van der Waals surface area contributed by atoms with E-state index >= 15 is 0 Å². The lowest BCUT2D eigenvalue weighted by atomic mass is 10.4. The van der Waals surface area contributed by atoms with Crippen molar-refractivity contribution in [3.63, 3.8) is 0 Å². The summed E-state index contributed by atoms with van der Waals surface area (Å²) >= 11 is 2.03. The molecule has 0 rings (SSSR count). The third kappa shape index (κ3) is 2.63. The Hall–Kier alpha value is 0.400. The second kappa shape index (κ2) is 3.59. The average molecular weight is 197 g/mol. The van der Waals surface area contributed by atoms with Crippen LogP contribution in [0.2, 0.25) is 0 Å². The molecule has 0 spiro atoms. The number of rotatable bonds is 2. The Labute approximate surface area is 51.3 Å². The van der Waals surface area contributed by atoms with Crippen molar-refractivity contribution in [1.29, 1.82) is 0 Å². The summed E-state index contributed by atoms with van der Waals surface area (Å²) in [6, 6.07) is 0. The highest BCUT2D eigenvalue weighted by Crippen LogP contribution is 1.84. The van der Waals surface area contributed by atoms with Crippen LogP contribution in [0.15, 0.2) is 0 Å². The van der Waals surface area contributed by atoms with E-state index in [2.05, 4.69) is 0 Å². The number of alkyl halides is 1.